The van der Waals surface area contributed by atoms with Gasteiger partial charge in [0.05, 0.1) is 5.56 Å². The molecule has 1 heterocycles. The van der Waals surface area contributed by atoms with Crippen molar-refractivity contribution in [2.24, 2.45) is 0 Å². The number of rotatable bonds is 1. The van der Waals surface area contributed by atoms with Crippen molar-refractivity contribution in [1.82, 2.24) is 4.98 Å². The fourth-order valence-electron chi connectivity index (χ4n) is 2.27. The summed E-state index contributed by atoms with van der Waals surface area (Å²) in [7, 11) is 0. The van der Waals surface area contributed by atoms with Crippen LogP contribution in [0.2, 0.25) is 0 Å². The van der Waals surface area contributed by atoms with E-state index in [2.05, 4.69) is 4.98 Å². The van der Waals surface area contributed by atoms with E-state index >= 15 is 0 Å². The van der Waals surface area contributed by atoms with Crippen LogP contribution in [-0.2, 0) is 12.6 Å². The number of carboxylic acids is 1. The summed E-state index contributed by atoms with van der Waals surface area (Å²) in [5, 5.41) is 8.74. The Bertz CT molecular complexity index is 448. The van der Waals surface area contributed by atoms with Crippen LogP contribution in [0.1, 0.15) is 46.6 Å². The fraction of sp³-hybridized carbons (Fsp3) is 0.500. The summed E-state index contributed by atoms with van der Waals surface area (Å²) in [5.41, 5.74) is -1.19. The van der Waals surface area contributed by atoms with Crippen LogP contribution in [0.4, 0.5) is 13.2 Å². The Morgan fingerprint density at radius 2 is 2.12 bits per heavy atom. The molecule has 0 spiro atoms. The number of H-pyrrole nitrogens is 1. The molecule has 1 aliphatic carbocycles. The number of fused-ring (bicyclic) bond motifs is 1. The Hall–Kier alpha value is -1.46. The zero-order chi connectivity index (χ0) is 12.1. The van der Waals surface area contributed by atoms with Gasteiger partial charge in [0.25, 0.3) is 0 Å². The molecule has 2 N–H and O–H groups in total. The summed E-state index contributed by atoms with van der Waals surface area (Å²) in [6.45, 7) is 1.68. The van der Waals surface area contributed by atoms with Crippen molar-refractivity contribution in [3.63, 3.8) is 0 Å². The van der Waals surface area contributed by atoms with E-state index < -0.39 is 23.4 Å². The molecule has 0 fully saturated rings. The van der Waals surface area contributed by atoms with E-state index in [1.54, 1.807) is 6.92 Å². The molecule has 0 amide bonds. The summed E-state index contributed by atoms with van der Waals surface area (Å²) in [5.74, 6) is -1.80. The summed E-state index contributed by atoms with van der Waals surface area (Å²) in [6, 6.07) is 0. The predicted octanol–water partition coefficient (Wildman–Crippen LogP) is 2.78. The Kier molecular flexibility index (Phi) is 2.25. The molecule has 1 aromatic heterocycles. The zero-order valence-corrected chi connectivity index (χ0v) is 8.48. The average molecular weight is 233 g/mol. The lowest BCUT2D eigenvalue weighted by Gasteiger charge is -2.11. The van der Waals surface area contributed by atoms with E-state index in [1.165, 1.54) is 0 Å². The van der Waals surface area contributed by atoms with Gasteiger partial charge in [-0.15, -0.1) is 0 Å². The zero-order valence-electron chi connectivity index (χ0n) is 8.48. The van der Waals surface area contributed by atoms with Crippen LogP contribution < -0.4 is 0 Å². The Morgan fingerprint density at radius 1 is 1.50 bits per heavy atom. The number of aromatic amines is 1. The second-order valence-electron chi connectivity index (χ2n) is 4.01. The summed E-state index contributed by atoms with van der Waals surface area (Å²) in [6.07, 6.45) is -3.51. The lowest BCUT2D eigenvalue weighted by atomic mass is 10.00. The molecule has 0 aromatic carbocycles. The molecule has 6 heteroatoms. The normalized spacial score (nSPS) is 19.9. The molecule has 0 saturated carbocycles. The highest BCUT2D eigenvalue weighted by atomic mass is 19.4. The number of hydrogen-bond acceptors (Lipinski definition) is 1. The standard InChI is InChI=1S/C10H10F3NO2/c1-4-2-3-5-6(4)7(10(11,12)13)8(14-5)9(15)16/h4,14H,2-3H2,1H3,(H,15,16)/t4-/m0/s1. The van der Waals surface area contributed by atoms with Crippen LogP contribution in [0, 0.1) is 0 Å². The van der Waals surface area contributed by atoms with Crippen molar-refractivity contribution >= 4 is 5.97 Å². The van der Waals surface area contributed by atoms with Crippen LogP contribution >= 0.6 is 0 Å². The third-order valence-corrected chi connectivity index (χ3v) is 2.94. The minimum absolute atomic E-state index is 0.130. The quantitative estimate of drug-likeness (QED) is 0.783. The van der Waals surface area contributed by atoms with Crippen molar-refractivity contribution in [3.05, 3.63) is 22.5 Å². The molecular formula is C10H10F3NO2. The van der Waals surface area contributed by atoms with E-state index in [-0.39, 0.29) is 11.5 Å². The smallest absolute Gasteiger partial charge is 0.419 e. The second-order valence-corrected chi connectivity index (χ2v) is 4.01. The highest BCUT2D eigenvalue weighted by Crippen LogP contribution is 2.44. The molecular weight excluding hydrogens is 223 g/mol. The lowest BCUT2D eigenvalue weighted by molar-refractivity contribution is -0.138. The van der Waals surface area contributed by atoms with E-state index in [9.17, 15) is 18.0 Å². The molecule has 0 aliphatic heterocycles. The lowest BCUT2D eigenvalue weighted by Crippen LogP contribution is -2.14. The molecule has 1 aromatic rings. The molecule has 0 unspecified atom stereocenters. The van der Waals surface area contributed by atoms with Crippen LogP contribution in [0.5, 0.6) is 0 Å². The van der Waals surface area contributed by atoms with Gasteiger partial charge in [0.15, 0.2) is 0 Å². The number of hydrogen-bond donors (Lipinski definition) is 2. The number of aromatic carboxylic acids is 1. The molecule has 88 valence electrons. The average Bonchev–Trinajstić information content (AvgIpc) is 2.64. The minimum atomic E-state index is -4.61. The van der Waals surface area contributed by atoms with Gasteiger partial charge in [-0.05, 0) is 24.3 Å². The third kappa shape index (κ3) is 1.48. The van der Waals surface area contributed by atoms with Crippen molar-refractivity contribution in [2.75, 3.05) is 0 Å². The van der Waals surface area contributed by atoms with E-state index in [0.717, 1.165) is 0 Å². The Balaban J connectivity index is 2.67. The van der Waals surface area contributed by atoms with Gasteiger partial charge in [-0.2, -0.15) is 13.2 Å². The molecule has 16 heavy (non-hydrogen) atoms. The van der Waals surface area contributed by atoms with Crippen LogP contribution in [0.25, 0.3) is 0 Å². The maximum Gasteiger partial charge on any atom is 0.419 e. The first-order valence-corrected chi connectivity index (χ1v) is 4.87. The van der Waals surface area contributed by atoms with E-state index in [0.29, 0.717) is 18.5 Å². The molecule has 2 rings (SSSR count). The van der Waals surface area contributed by atoms with Gasteiger partial charge in [-0.1, -0.05) is 6.92 Å². The first kappa shape index (κ1) is 11.0. The summed E-state index contributed by atoms with van der Waals surface area (Å²) >= 11 is 0. The molecule has 3 nitrogen and oxygen atoms in total. The Morgan fingerprint density at radius 3 is 2.62 bits per heavy atom. The van der Waals surface area contributed by atoms with Crippen molar-refractivity contribution < 1.29 is 23.1 Å². The summed E-state index contributed by atoms with van der Waals surface area (Å²) in [4.78, 5) is 13.1. The molecule has 1 aliphatic rings. The molecule has 0 radical (unpaired) electrons. The van der Waals surface area contributed by atoms with Crippen LogP contribution in [-0.4, -0.2) is 16.1 Å². The number of aromatic nitrogens is 1. The first-order chi connectivity index (χ1) is 7.32. The van der Waals surface area contributed by atoms with Gasteiger partial charge >= 0.3 is 12.1 Å². The van der Waals surface area contributed by atoms with Crippen molar-refractivity contribution in [1.29, 1.82) is 0 Å². The maximum atomic E-state index is 12.8. The number of aryl methyl sites for hydroxylation is 1. The van der Waals surface area contributed by atoms with Gasteiger partial charge in [-0.3, -0.25) is 0 Å². The van der Waals surface area contributed by atoms with Crippen LogP contribution in [0.15, 0.2) is 0 Å². The maximum absolute atomic E-state index is 12.8. The molecule has 0 saturated heterocycles. The van der Waals surface area contributed by atoms with Crippen molar-refractivity contribution in [3.8, 4) is 0 Å². The van der Waals surface area contributed by atoms with Crippen LogP contribution in [0.3, 0.4) is 0 Å². The fourth-order valence-corrected chi connectivity index (χ4v) is 2.27. The van der Waals surface area contributed by atoms with Gasteiger partial charge in [0.1, 0.15) is 5.69 Å². The molecule has 1 atom stereocenters. The largest absolute Gasteiger partial charge is 0.477 e. The van der Waals surface area contributed by atoms with Gasteiger partial charge in [0, 0.05) is 5.69 Å². The van der Waals surface area contributed by atoms with Gasteiger partial charge in [-0.25, -0.2) is 4.79 Å². The van der Waals surface area contributed by atoms with Crippen molar-refractivity contribution in [2.45, 2.75) is 31.9 Å². The number of alkyl halides is 3. The number of carboxylic acid groups (broad SMARTS) is 1. The van der Waals surface area contributed by atoms with E-state index in [4.69, 9.17) is 5.11 Å². The van der Waals surface area contributed by atoms with Gasteiger partial charge in [0.2, 0.25) is 0 Å². The number of nitrogens with one attached hydrogen (secondary N) is 1. The summed E-state index contributed by atoms with van der Waals surface area (Å²) < 4.78 is 38.4. The Labute approximate surface area is 89.3 Å². The number of halogens is 3. The third-order valence-electron chi connectivity index (χ3n) is 2.94. The SMILES string of the molecule is C[C@H]1CCc2[nH]c(C(=O)O)c(C(F)(F)F)c21. The predicted molar refractivity (Wildman–Crippen MR) is 49.5 cm³/mol. The topological polar surface area (TPSA) is 53.1 Å². The molecule has 0 bridgehead atoms. The second kappa shape index (κ2) is 3.26. The first-order valence-electron chi connectivity index (χ1n) is 4.87. The minimum Gasteiger partial charge on any atom is -0.477 e. The highest BCUT2D eigenvalue weighted by molar-refractivity contribution is 5.88. The number of carbonyl (C=O) groups is 1. The highest BCUT2D eigenvalue weighted by Gasteiger charge is 2.43. The van der Waals surface area contributed by atoms with Gasteiger partial charge < -0.3 is 10.1 Å². The monoisotopic (exact) mass is 233 g/mol. The van der Waals surface area contributed by atoms with E-state index in [1.807, 2.05) is 0 Å².